The number of para-hydroxylation sites is 1. The standard InChI is InChI=1S/C39H33N3/c1-2-41(29-16-4-3-5-17-29)36-25-24-34(32-20-10-11-21-33(32)36)39-40-35-22-12-13-23-37(35)42(39)38-30-18-8-6-14-27(30)26-28-15-7-9-19-31(28)38/h3-11,14-21,24-26H,2,12-13,22-23H2,1H3. The molecule has 0 N–H and O–H groups in total. The van der Waals surface area contributed by atoms with Crippen LogP contribution in [0.2, 0.25) is 0 Å². The van der Waals surface area contributed by atoms with Crippen molar-refractivity contribution in [2.75, 3.05) is 11.4 Å². The van der Waals surface area contributed by atoms with Crippen LogP contribution in [0.5, 0.6) is 0 Å². The summed E-state index contributed by atoms with van der Waals surface area (Å²) in [4.78, 5) is 7.87. The average Bonchev–Trinajstić information content (AvgIpc) is 3.43. The Morgan fingerprint density at radius 3 is 1.98 bits per heavy atom. The van der Waals surface area contributed by atoms with Crippen LogP contribution in [0.1, 0.15) is 31.2 Å². The maximum absolute atomic E-state index is 5.46. The molecule has 0 atom stereocenters. The van der Waals surface area contributed by atoms with Crippen LogP contribution in [-0.2, 0) is 12.8 Å². The summed E-state index contributed by atoms with van der Waals surface area (Å²) in [6.07, 6.45) is 4.48. The minimum absolute atomic E-state index is 0.887. The number of aromatic nitrogens is 2. The van der Waals surface area contributed by atoms with Crippen LogP contribution >= 0.6 is 0 Å². The summed E-state index contributed by atoms with van der Waals surface area (Å²) >= 11 is 0. The van der Waals surface area contributed by atoms with Gasteiger partial charge < -0.3 is 4.90 Å². The van der Waals surface area contributed by atoms with Gasteiger partial charge in [-0.15, -0.1) is 0 Å². The van der Waals surface area contributed by atoms with Gasteiger partial charge in [0.05, 0.1) is 11.4 Å². The molecular weight excluding hydrogens is 510 g/mol. The molecule has 1 aliphatic carbocycles. The monoisotopic (exact) mass is 543 g/mol. The first kappa shape index (κ1) is 24.9. The Labute approximate surface area is 246 Å². The number of rotatable bonds is 5. The summed E-state index contributed by atoms with van der Waals surface area (Å²) in [5.74, 6) is 1.05. The van der Waals surface area contributed by atoms with E-state index in [4.69, 9.17) is 4.98 Å². The van der Waals surface area contributed by atoms with E-state index in [2.05, 4.69) is 138 Å². The topological polar surface area (TPSA) is 21.1 Å². The Bertz CT molecular complexity index is 2030. The molecule has 0 fully saturated rings. The van der Waals surface area contributed by atoms with Crippen molar-refractivity contribution in [3.63, 3.8) is 0 Å². The molecule has 0 saturated heterocycles. The van der Waals surface area contributed by atoms with Crippen LogP contribution < -0.4 is 4.90 Å². The zero-order valence-corrected chi connectivity index (χ0v) is 23.9. The summed E-state index contributed by atoms with van der Waals surface area (Å²) in [7, 11) is 0. The number of hydrogen-bond donors (Lipinski definition) is 0. The molecule has 0 saturated carbocycles. The number of hydrogen-bond acceptors (Lipinski definition) is 2. The molecular formula is C39H33N3. The predicted molar refractivity (Wildman–Crippen MR) is 177 cm³/mol. The third-order valence-corrected chi connectivity index (χ3v) is 8.92. The van der Waals surface area contributed by atoms with Gasteiger partial charge in [0.2, 0.25) is 0 Å². The zero-order chi connectivity index (χ0) is 28.0. The summed E-state index contributed by atoms with van der Waals surface area (Å²) in [6, 6.07) is 44.1. The molecule has 1 aliphatic rings. The lowest BCUT2D eigenvalue weighted by atomic mass is 9.97. The highest BCUT2D eigenvalue weighted by atomic mass is 15.1. The fourth-order valence-electron chi connectivity index (χ4n) is 7.01. The molecule has 1 aromatic heterocycles. The second kappa shape index (κ2) is 10.2. The maximum atomic E-state index is 5.46. The second-order valence-electron chi connectivity index (χ2n) is 11.3. The molecule has 0 bridgehead atoms. The molecule has 6 aromatic carbocycles. The van der Waals surface area contributed by atoms with Crippen molar-refractivity contribution >= 4 is 43.7 Å². The van der Waals surface area contributed by atoms with Crippen LogP contribution in [0.4, 0.5) is 11.4 Å². The van der Waals surface area contributed by atoms with Gasteiger partial charge in [0.25, 0.3) is 0 Å². The van der Waals surface area contributed by atoms with Crippen LogP contribution in [0.25, 0.3) is 49.4 Å². The third-order valence-electron chi connectivity index (χ3n) is 8.92. The Kier molecular flexibility index (Phi) is 6.03. The highest BCUT2D eigenvalue weighted by Crippen LogP contribution is 2.42. The Hall–Kier alpha value is -4.89. The number of nitrogens with zero attached hydrogens (tertiary/aromatic N) is 3. The molecule has 7 aromatic rings. The number of anilines is 2. The molecule has 0 amide bonds. The van der Waals surface area contributed by atoms with Crippen molar-refractivity contribution in [3.05, 3.63) is 133 Å². The van der Waals surface area contributed by atoms with Gasteiger partial charge in [-0.3, -0.25) is 4.57 Å². The molecule has 0 unspecified atom stereocenters. The molecule has 1 heterocycles. The van der Waals surface area contributed by atoms with Crippen molar-refractivity contribution in [1.29, 1.82) is 0 Å². The van der Waals surface area contributed by atoms with Gasteiger partial charge in [-0.05, 0) is 79.1 Å². The number of imidazole rings is 1. The zero-order valence-electron chi connectivity index (χ0n) is 23.9. The molecule has 3 heteroatoms. The van der Waals surface area contributed by atoms with Crippen molar-refractivity contribution in [3.8, 4) is 17.1 Å². The summed E-state index contributed by atoms with van der Waals surface area (Å²) in [6.45, 7) is 3.11. The van der Waals surface area contributed by atoms with E-state index in [9.17, 15) is 0 Å². The van der Waals surface area contributed by atoms with Crippen molar-refractivity contribution < 1.29 is 0 Å². The van der Waals surface area contributed by atoms with E-state index >= 15 is 0 Å². The molecule has 204 valence electrons. The largest absolute Gasteiger partial charge is 0.341 e. The summed E-state index contributed by atoms with van der Waals surface area (Å²) < 4.78 is 2.52. The Morgan fingerprint density at radius 2 is 1.26 bits per heavy atom. The minimum Gasteiger partial charge on any atom is -0.341 e. The first-order valence-corrected chi connectivity index (χ1v) is 15.2. The smallest absolute Gasteiger partial charge is 0.145 e. The highest BCUT2D eigenvalue weighted by Gasteiger charge is 2.26. The molecule has 0 aliphatic heterocycles. The maximum Gasteiger partial charge on any atom is 0.145 e. The van der Waals surface area contributed by atoms with Crippen LogP contribution in [0.3, 0.4) is 0 Å². The predicted octanol–water partition coefficient (Wildman–Crippen LogP) is 10.0. The molecule has 42 heavy (non-hydrogen) atoms. The van der Waals surface area contributed by atoms with E-state index in [1.807, 2.05) is 0 Å². The van der Waals surface area contributed by atoms with Gasteiger partial charge in [-0.1, -0.05) is 91.0 Å². The van der Waals surface area contributed by atoms with E-state index in [1.54, 1.807) is 0 Å². The SMILES string of the molecule is CCN(c1ccccc1)c1ccc(-c2nc3c(n2-c2c4ccccc4cc4ccccc24)CCCC3)c2ccccc12. The average molecular weight is 544 g/mol. The van der Waals surface area contributed by atoms with Gasteiger partial charge in [0, 0.05) is 45.3 Å². The van der Waals surface area contributed by atoms with E-state index in [0.717, 1.165) is 25.2 Å². The Morgan fingerprint density at radius 1 is 0.643 bits per heavy atom. The first-order chi connectivity index (χ1) is 20.8. The fourth-order valence-corrected chi connectivity index (χ4v) is 7.01. The highest BCUT2D eigenvalue weighted by molar-refractivity contribution is 6.09. The van der Waals surface area contributed by atoms with Gasteiger partial charge in [0.15, 0.2) is 0 Å². The van der Waals surface area contributed by atoms with E-state index in [0.29, 0.717) is 0 Å². The molecule has 0 radical (unpaired) electrons. The quantitative estimate of drug-likeness (QED) is 0.201. The number of benzene rings is 6. The minimum atomic E-state index is 0.887. The van der Waals surface area contributed by atoms with Gasteiger partial charge in [-0.2, -0.15) is 0 Å². The van der Waals surface area contributed by atoms with Crippen molar-refractivity contribution in [2.45, 2.75) is 32.6 Å². The van der Waals surface area contributed by atoms with Crippen molar-refractivity contribution in [1.82, 2.24) is 9.55 Å². The lowest BCUT2D eigenvalue weighted by molar-refractivity contribution is 0.657. The van der Waals surface area contributed by atoms with E-state index in [1.165, 1.54) is 79.2 Å². The van der Waals surface area contributed by atoms with E-state index < -0.39 is 0 Å². The Balaban J connectivity index is 1.44. The van der Waals surface area contributed by atoms with Crippen molar-refractivity contribution in [2.24, 2.45) is 0 Å². The molecule has 8 rings (SSSR count). The third kappa shape index (κ3) is 3.92. The van der Waals surface area contributed by atoms with E-state index in [-0.39, 0.29) is 0 Å². The van der Waals surface area contributed by atoms with Crippen LogP contribution in [0, 0.1) is 0 Å². The summed E-state index contributed by atoms with van der Waals surface area (Å²) in [5, 5.41) is 7.54. The lowest BCUT2D eigenvalue weighted by Crippen LogP contribution is -2.16. The van der Waals surface area contributed by atoms with Gasteiger partial charge in [-0.25, -0.2) is 4.98 Å². The van der Waals surface area contributed by atoms with Gasteiger partial charge >= 0.3 is 0 Å². The molecule has 3 nitrogen and oxygen atoms in total. The van der Waals surface area contributed by atoms with Crippen LogP contribution in [0.15, 0.2) is 121 Å². The van der Waals surface area contributed by atoms with Gasteiger partial charge in [0.1, 0.15) is 5.82 Å². The van der Waals surface area contributed by atoms with Crippen LogP contribution in [-0.4, -0.2) is 16.1 Å². The number of aryl methyl sites for hydroxylation is 1. The normalized spacial score (nSPS) is 13.1. The lowest BCUT2D eigenvalue weighted by Gasteiger charge is -2.26. The first-order valence-electron chi connectivity index (χ1n) is 15.2. The fraction of sp³-hybridized carbons (Fsp3) is 0.154. The molecule has 0 spiro atoms. The second-order valence-corrected chi connectivity index (χ2v) is 11.3. The number of fused-ring (bicyclic) bond motifs is 4. The summed E-state index contributed by atoms with van der Waals surface area (Å²) in [5.41, 5.74) is 7.48.